The van der Waals surface area contributed by atoms with Crippen LogP contribution in [-0.2, 0) is 4.74 Å². The second-order valence-corrected chi connectivity index (χ2v) is 5.62. The van der Waals surface area contributed by atoms with Crippen molar-refractivity contribution in [2.24, 2.45) is 0 Å². The molecule has 2 unspecified atom stereocenters. The normalized spacial score (nSPS) is 19.4. The van der Waals surface area contributed by atoms with E-state index in [0.29, 0.717) is 11.5 Å². The van der Waals surface area contributed by atoms with E-state index in [1.165, 1.54) is 18.3 Å². The molecule has 1 aromatic heterocycles. The Hall–Kier alpha value is -1.86. The summed E-state index contributed by atoms with van der Waals surface area (Å²) >= 11 is 1.04. The van der Waals surface area contributed by atoms with Gasteiger partial charge >= 0.3 is 0 Å². The second-order valence-electron chi connectivity index (χ2n) is 4.84. The minimum absolute atomic E-state index is 0.0970. The van der Waals surface area contributed by atoms with Crippen LogP contribution in [0.25, 0.3) is 0 Å². The van der Waals surface area contributed by atoms with Crippen LogP contribution in [0.2, 0.25) is 0 Å². The summed E-state index contributed by atoms with van der Waals surface area (Å²) in [5.74, 6) is -0.544. The Labute approximate surface area is 125 Å². The molecule has 21 heavy (non-hydrogen) atoms. The van der Waals surface area contributed by atoms with E-state index < -0.39 is 0 Å². The Kier molecular flexibility index (Phi) is 4.21. The number of ether oxygens (including phenoxy) is 1. The summed E-state index contributed by atoms with van der Waals surface area (Å²) in [5.41, 5.74) is 0.828. The lowest BCUT2D eigenvalue weighted by molar-refractivity contribution is 0.0674. The van der Waals surface area contributed by atoms with Gasteiger partial charge in [0.2, 0.25) is 0 Å². The maximum Gasteiger partial charge on any atom is 0.265 e. The first-order valence-corrected chi connectivity index (χ1v) is 7.46. The molecule has 0 aliphatic carbocycles. The van der Waals surface area contributed by atoms with Crippen molar-refractivity contribution in [3.8, 4) is 0 Å². The molecule has 1 aliphatic rings. The predicted molar refractivity (Wildman–Crippen MR) is 75.5 cm³/mol. The smallest absolute Gasteiger partial charge is 0.265 e. The number of nitrogens with zero attached hydrogens (tertiary/aromatic N) is 2. The van der Waals surface area contributed by atoms with E-state index in [4.69, 9.17) is 4.74 Å². The molecule has 1 aliphatic heterocycles. The first kappa shape index (κ1) is 14.1. The molecule has 1 aromatic carbocycles. The average Bonchev–Trinajstić information content (AvgIpc) is 3.19. The van der Waals surface area contributed by atoms with Gasteiger partial charge in [0.25, 0.3) is 5.91 Å². The van der Waals surface area contributed by atoms with Crippen LogP contribution in [0.1, 0.15) is 34.1 Å². The summed E-state index contributed by atoms with van der Waals surface area (Å²) in [6, 6.07) is 5.82. The molecule has 3 rings (SSSR count). The summed E-state index contributed by atoms with van der Waals surface area (Å²) < 4.78 is 22.4. The van der Waals surface area contributed by atoms with Crippen molar-refractivity contribution in [1.82, 2.24) is 14.9 Å². The third-order valence-electron chi connectivity index (χ3n) is 3.44. The monoisotopic (exact) mass is 307 g/mol. The van der Waals surface area contributed by atoms with E-state index in [1.54, 1.807) is 12.1 Å². The van der Waals surface area contributed by atoms with Crippen molar-refractivity contribution in [2.45, 2.75) is 25.0 Å². The first-order chi connectivity index (χ1) is 10.2. The lowest BCUT2D eigenvalue weighted by Gasteiger charge is -2.24. The van der Waals surface area contributed by atoms with Crippen LogP contribution < -0.4 is 5.32 Å². The van der Waals surface area contributed by atoms with Gasteiger partial charge in [-0.1, -0.05) is 16.6 Å². The summed E-state index contributed by atoms with van der Waals surface area (Å²) in [6.45, 7) is 0.681. The Morgan fingerprint density at radius 1 is 1.43 bits per heavy atom. The van der Waals surface area contributed by atoms with Gasteiger partial charge < -0.3 is 10.1 Å². The molecule has 0 bridgehead atoms. The molecule has 0 saturated carbocycles. The summed E-state index contributed by atoms with van der Waals surface area (Å²) in [7, 11) is 0. The maximum atomic E-state index is 13.1. The Balaban J connectivity index is 1.82. The molecule has 1 amide bonds. The van der Waals surface area contributed by atoms with E-state index in [9.17, 15) is 9.18 Å². The Morgan fingerprint density at radius 3 is 2.86 bits per heavy atom. The molecular formula is C14H14FN3O2S. The van der Waals surface area contributed by atoms with Crippen molar-refractivity contribution >= 4 is 17.4 Å². The van der Waals surface area contributed by atoms with Crippen molar-refractivity contribution in [3.63, 3.8) is 0 Å². The number of nitrogens with one attached hydrogen (secondary N) is 1. The number of hydrogen-bond acceptors (Lipinski definition) is 5. The maximum absolute atomic E-state index is 13.1. The van der Waals surface area contributed by atoms with Crippen LogP contribution >= 0.6 is 11.5 Å². The molecule has 1 saturated heterocycles. The van der Waals surface area contributed by atoms with Gasteiger partial charge in [-0.25, -0.2) is 4.39 Å². The van der Waals surface area contributed by atoms with Gasteiger partial charge in [-0.2, -0.15) is 0 Å². The molecular weight excluding hydrogens is 293 g/mol. The highest BCUT2D eigenvalue weighted by Crippen LogP contribution is 2.27. The Morgan fingerprint density at radius 2 is 2.24 bits per heavy atom. The fourth-order valence-corrected chi connectivity index (χ4v) is 2.82. The lowest BCUT2D eigenvalue weighted by atomic mass is 9.99. The van der Waals surface area contributed by atoms with Crippen LogP contribution in [0.3, 0.4) is 0 Å². The Bertz CT molecular complexity index is 597. The molecule has 0 spiro atoms. The van der Waals surface area contributed by atoms with E-state index in [-0.39, 0.29) is 23.9 Å². The molecule has 7 heteroatoms. The lowest BCUT2D eigenvalue weighted by Crippen LogP contribution is -2.35. The van der Waals surface area contributed by atoms with Crippen LogP contribution in [0, 0.1) is 5.82 Å². The predicted octanol–water partition coefficient (Wildman–Crippen LogP) is 2.33. The average molecular weight is 307 g/mol. The van der Waals surface area contributed by atoms with Gasteiger partial charge in [-0.15, -0.1) is 5.10 Å². The van der Waals surface area contributed by atoms with Gasteiger partial charge in [-0.05, 0) is 42.1 Å². The zero-order valence-electron chi connectivity index (χ0n) is 11.2. The molecule has 110 valence electrons. The zero-order chi connectivity index (χ0) is 14.7. The number of carbonyl (C=O) groups is 1. The minimum atomic E-state index is -0.303. The van der Waals surface area contributed by atoms with Crippen LogP contribution in [0.5, 0.6) is 0 Å². The first-order valence-electron chi connectivity index (χ1n) is 6.69. The number of halogens is 1. The van der Waals surface area contributed by atoms with Crippen molar-refractivity contribution in [2.75, 3.05) is 6.61 Å². The highest BCUT2D eigenvalue weighted by Gasteiger charge is 2.29. The standard InChI is InChI=1S/C14H14FN3O2S/c15-10-5-3-9(4-6-10)13(11-2-1-7-20-11)17-14(19)12-8-16-18-21-12/h3-6,8,11,13H,1-2,7H2,(H,17,19). The van der Waals surface area contributed by atoms with E-state index >= 15 is 0 Å². The van der Waals surface area contributed by atoms with Gasteiger partial charge in [0.1, 0.15) is 10.7 Å². The number of benzene rings is 1. The molecule has 5 nitrogen and oxygen atoms in total. The van der Waals surface area contributed by atoms with Crippen molar-refractivity contribution in [3.05, 3.63) is 46.7 Å². The molecule has 1 fully saturated rings. The summed E-state index contributed by atoms with van der Waals surface area (Å²) in [4.78, 5) is 12.6. The summed E-state index contributed by atoms with van der Waals surface area (Å²) in [5, 5.41) is 6.60. The molecule has 0 radical (unpaired) electrons. The molecule has 1 N–H and O–H groups in total. The number of amides is 1. The van der Waals surface area contributed by atoms with Gasteiger partial charge in [0, 0.05) is 6.61 Å². The fourth-order valence-electron chi connectivity index (χ4n) is 2.41. The summed E-state index contributed by atoms with van der Waals surface area (Å²) in [6.07, 6.45) is 3.15. The minimum Gasteiger partial charge on any atom is -0.376 e. The number of aromatic nitrogens is 2. The molecule has 2 atom stereocenters. The number of hydrogen-bond donors (Lipinski definition) is 1. The zero-order valence-corrected chi connectivity index (χ0v) is 12.0. The van der Waals surface area contributed by atoms with Crippen LogP contribution in [0.15, 0.2) is 30.5 Å². The third kappa shape index (κ3) is 3.25. The number of rotatable bonds is 4. The molecule has 2 heterocycles. The van der Waals surface area contributed by atoms with Crippen molar-refractivity contribution < 1.29 is 13.9 Å². The number of carbonyl (C=O) groups excluding carboxylic acids is 1. The largest absolute Gasteiger partial charge is 0.376 e. The quantitative estimate of drug-likeness (QED) is 0.941. The van der Waals surface area contributed by atoms with E-state index in [1.807, 2.05) is 0 Å². The topological polar surface area (TPSA) is 64.1 Å². The van der Waals surface area contributed by atoms with Crippen LogP contribution in [-0.4, -0.2) is 28.2 Å². The van der Waals surface area contributed by atoms with Gasteiger partial charge in [0.05, 0.1) is 18.3 Å². The van der Waals surface area contributed by atoms with Gasteiger partial charge in [0.15, 0.2) is 0 Å². The van der Waals surface area contributed by atoms with Crippen LogP contribution in [0.4, 0.5) is 4.39 Å². The van der Waals surface area contributed by atoms with Crippen molar-refractivity contribution in [1.29, 1.82) is 0 Å². The third-order valence-corrected chi connectivity index (χ3v) is 4.10. The molecule has 2 aromatic rings. The SMILES string of the molecule is O=C(NC(c1ccc(F)cc1)C1CCCO1)c1cnns1. The highest BCUT2D eigenvalue weighted by atomic mass is 32.1. The van der Waals surface area contributed by atoms with E-state index in [0.717, 1.165) is 29.9 Å². The highest BCUT2D eigenvalue weighted by molar-refractivity contribution is 7.07. The fraction of sp³-hybridized carbons (Fsp3) is 0.357. The van der Waals surface area contributed by atoms with E-state index in [2.05, 4.69) is 14.9 Å². The second kappa shape index (κ2) is 6.28. The van der Waals surface area contributed by atoms with Gasteiger partial charge in [-0.3, -0.25) is 4.79 Å².